The largest absolute Gasteiger partial charge is 0.374 e. The van der Waals surface area contributed by atoms with Gasteiger partial charge in [0, 0.05) is 38.8 Å². The number of morpholine rings is 1. The number of piperidine rings is 1. The first-order valence-corrected chi connectivity index (χ1v) is 7.18. The number of nitrogens with zero attached hydrogens (tertiary/aromatic N) is 2. The van der Waals surface area contributed by atoms with Crippen LogP contribution in [0.5, 0.6) is 0 Å². The second kappa shape index (κ2) is 7.19. The molecule has 1 atom stereocenters. The number of nitrogens with one attached hydrogen (secondary N) is 1. The zero-order chi connectivity index (χ0) is 13.7. The fourth-order valence-electron chi connectivity index (χ4n) is 2.59. The molecule has 2 fully saturated rings. The summed E-state index contributed by atoms with van der Waals surface area (Å²) >= 11 is 0. The predicted octanol–water partition coefficient (Wildman–Crippen LogP) is -1.14. The highest BCUT2D eigenvalue weighted by Crippen LogP contribution is 2.07. The van der Waals surface area contributed by atoms with Crippen molar-refractivity contribution < 1.29 is 9.53 Å². The molecule has 0 saturated carbocycles. The lowest BCUT2D eigenvalue weighted by Gasteiger charge is -2.31. The maximum absolute atomic E-state index is 11.9. The van der Waals surface area contributed by atoms with Gasteiger partial charge in [0.2, 0.25) is 5.91 Å². The van der Waals surface area contributed by atoms with Gasteiger partial charge < -0.3 is 20.7 Å². The minimum Gasteiger partial charge on any atom is -0.374 e. The van der Waals surface area contributed by atoms with Crippen LogP contribution in [-0.2, 0) is 9.53 Å². The van der Waals surface area contributed by atoms with Gasteiger partial charge in [-0.2, -0.15) is 0 Å². The summed E-state index contributed by atoms with van der Waals surface area (Å²) in [4.78, 5) is 16.3. The van der Waals surface area contributed by atoms with E-state index in [4.69, 9.17) is 10.5 Å². The molecule has 2 aliphatic rings. The molecule has 0 radical (unpaired) electrons. The van der Waals surface area contributed by atoms with Crippen LogP contribution in [-0.4, -0.2) is 80.8 Å². The van der Waals surface area contributed by atoms with E-state index < -0.39 is 0 Å². The standard InChI is InChI=1S/C13H26N4O2/c1-16-6-7-19-12(9-16)8-15-13(18)10-17-4-2-11(14)3-5-17/h11-12H,2-10,14H2,1H3,(H,15,18). The molecule has 2 aliphatic heterocycles. The molecule has 2 heterocycles. The highest BCUT2D eigenvalue weighted by molar-refractivity contribution is 5.78. The first-order valence-electron chi connectivity index (χ1n) is 7.18. The number of hydrogen-bond acceptors (Lipinski definition) is 5. The Morgan fingerprint density at radius 3 is 2.79 bits per heavy atom. The van der Waals surface area contributed by atoms with E-state index in [1.54, 1.807) is 0 Å². The molecule has 0 aliphatic carbocycles. The van der Waals surface area contributed by atoms with Gasteiger partial charge in [-0.05, 0) is 19.9 Å². The Labute approximate surface area is 115 Å². The van der Waals surface area contributed by atoms with Gasteiger partial charge in [-0.3, -0.25) is 9.69 Å². The molecular weight excluding hydrogens is 244 g/mol. The number of hydrogen-bond donors (Lipinski definition) is 2. The summed E-state index contributed by atoms with van der Waals surface area (Å²) < 4.78 is 5.62. The molecule has 3 N–H and O–H groups in total. The summed E-state index contributed by atoms with van der Waals surface area (Å²) in [7, 11) is 2.08. The molecule has 1 amide bonds. The summed E-state index contributed by atoms with van der Waals surface area (Å²) in [6, 6.07) is 0.311. The highest BCUT2D eigenvalue weighted by Gasteiger charge is 2.20. The van der Waals surface area contributed by atoms with Crippen molar-refractivity contribution in [3.63, 3.8) is 0 Å². The Hall–Kier alpha value is -0.690. The third kappa shape index (κ3) is 5.06. The zero-order valence-corrected chi connectivity index (χ0v) is 11.8. The molecule has 110 valence electrons. The van der Waals surface area contributed by atoms with Gasteiger partial charge in [0.1, 0.15) is 0 Å². The molecule has 0 aromatic carbocycles. The van der Waals surface area contributed by atoms with Crippen molar-refractivity contribution in [3.05, 3.63) is 0 Å². The number of carbonyl (C=O) groups excluding carboxylic acids is 1. The second-order valence-electron chi connectivity index (χ2n) is 5.67. The molecule has 0 aromatic heterocycles. The number of rotatable bonds is 4. The lowest BCUT2D eigenvalue weighted by atomic mass is 10.1. The van der Waals surface area contributed by atoms with E-state index in [-0.39, 0.29) is 12.0 Å². The number of likely N-dealkylation sites (tertiary alicyclic amines) is 1. The topological polar surface area (TPSA) is 70.8 Å². The molecule has 6 nitrogen and oxygen atoms in total. The lowest BCUT2D eigenvalue weighted by molar-refractivity contribution is -0.123. The van der Waals surface area contributed by atoms with E-state index in [0.717, 1.165) is 45.6 Å². The average Bonchev–Trinajstić information content (AvgIpc) is 2.39. The summed E-state index contributed by atoms with van der Waals surface area (Å²) in [5.41, 5.74) is 5.85. The Kier molecular flexibility index (Phi) is 5.57. The summed E-state index contributed by atoms with van der Waals surface area (Å²) in [5.74, 6) is 0.0901. The highest BCUT2D eigenvalue weighted by atomic mass is 16.5. The van der Waals surface area contributed by atoms with Gasteiger partial charge in [0.25, 0.3) is 0 Å². The maximum atomic E-state index is 11.9. The molecule has 0 bridgehead atoms. The van der Waals surface area contributed by atoms with E-state index >= 15 is 0 Å². The SMILES string of the molecule is CN1CCOC(CNC(=O)CN2CCC(N)CC2)C1. The first-order chi connectivity index (χ1) is 9.13. The Balaban J connectivity index is 1.61. The van der Waals surface area contributed by atoms with Crippen molar-refractivity contribution in [3.8, 4) is 0 Å². The Morgan fingerprint density at radius 2 is 2.11 bits per heavy atom. The van der Waals surface area contributed by atoms with Crippen LogP contribution in [0.25, 0.3) is 0 Å². The van der Waals surface area contributed by atoms with Crippen molar-refractivity contribution in [2.75, 3.05) is 52.9 Å². The van der Waals surface area contributed by atoms with E-state index in [1.165, 1.54) is 0 Å². The smallest absolute Gasteiger partial charge is 0.234 e. The van der Waals surface area contributed by atoms with Gasteiger partial charge in [-0.1, -0.05) is 0 Å². The van der Waals surface area contributed by atoms with E-state index in [0.29, 0.717) is 19.1 Å². The van der Waals surface area contributed by atoms with Crippen molar-refractivity contribution in [2.45, 2.75) is 25.0 Å². The molecule has 1 unspecified atom stereocenters. The number of ether oxygens (including phenoxy) is 1. The van der Waals surface area contributed by atoms with Crippen LogP contribution in [0.3, 0.4) is 0 Å². The fourth-order valence-corrected chi connectivity index (χ4v) is 2.59. The number of amides is 1. The van der Waals surface area contributed by atoms with Gasteiger partial charge in [0.05, 0.1) is 19.3 Å². The summed E-state index contributed by atoms with van der Waals surface area (Å²) in [6.45, 7) is 5.55. The number of likely N-dealkylation sites (N-methyl/N-ethyl adjacent to an activating group) is 1. The van der Waals surface area contributed by atoms with Gasteiger partial charge in [-0.25, -0.2) is 0 Å². The number of carbonyl (C=O) groups is 1. The minimum absolute atomic E-state index is 0.0901. The van der Waals surface area contributed by atoms with Crippen molar-refractivity contribution in [1.29, 1.82) is 0 Å². The third-order valence-electron chi connectivity index (χ3n) is 3.87. The van der Waals surface area contributed by atoms with Crippen LogP contribution in [0.1, 0.15) is 12.8 Å². The van der Waals surface area contributed by atoms with Crippen LogP contribution in [0.4, 0.5) is 0 Å². The summed E-state index contributed by atoms with van der Waals surface area (Å²) in [5, 5.41) is 2.97. The molecular formula is C13H26N4O2. The fraction of sp³-hybridized carbons (Fsp3) is 0.923. The van der Waals surface area contributed by atoms with Crippen molar-refractivity contribution in [1.82, 2.24) is 15.1 Å². The van der Waals surface area contributed by atoms with Crippen LogP contribution in [0.2, 0.25) is 0 Å². The van der Waals surface area contributed by atoms with Crippen LogP contribution in [0, 0.1) is 0 Å². The third-order valence-corrected chi connectivity index (χ3v) is 3.87. The van der Waals surface area contributed by atoms with Crippen molar-refractivity contribution in [2.24, 2.45) is 5.73 Å². The average molecular weight is 270 g/mol. The first kappa shape index (κ1) is 14.7. The molecule has 2 rings (SSSR count). The van der Waals surface area contributed by atoms with Gasteiger partial charge >= 0.3 is 0 Å². The summed E-state index contributed by atoms with van der Waals surface area (Å²) in [6.07, 6.45) is 2.10. The molecule has 6 heteroatoms. The maximum Gasteiger partial charge on any atom is 0.234 e. The quantitative estimate of drug-likeness (QED) is 0.675. The predicted molar refractivity (Wildman–Crippen MR) is 73.9 cm³/mol. The van der Waals surface area contributed by atoms with E-state index in [1.807, 2.05) is 0 Å². The molecule has 0 spiro atoms. The molecule has 0 aromatic rings. The van der Waals surface area contributed by atoms with E-state index in [9.17, 15) is 4.79 Å². The Morgan fingerprint density at radius 1 is 1.37 bits per heavy atom. The van der Waals surface area contributed by atoms with Crippen LogP contribution < -0.4 is 11.1 Å². The normalized spacial score (nSPS) is 27.4. The Bertz CT molecular complexity index is 292. The van der Waals surface area contributed by atoms with Crippen LogP contribution >= 0.6 is 0 Å². The van der Waals surface area contributed by atoms with Gasteiger partial charge in [0.15, 0.2) is 0 Å². The van der Waals surface area contributed by atoms with E-state index in [2.05, 4.69) is 22.2 Å². The van der Waals surface area contributed by atoms with Crippen molar-refractivity contribution >= 4 is 5.91 Å². The van der Waals surface area contributed by atoms with Crippen LogP contribution in [0.15, 0.2) is 0 Å². The second-order valence-corrected chi connectivity index (χ2v) is 5.67. The zero-order valence-electron chi connectivity index (χ0n) is 11.8. The minimum atomic E-state index is 0.0901. The molecule has 19 heavy (non-hydrogen) atoms. The number of nitrogens with two attached hydrogens (primary N) is 1. The van der Waals surface area contributed by atoms with Gasteiger partial charge in [-0.15, -0.1) is 0 Å². The monoisotopic (exact) mass is 270 g/mol. The lowest BCUT2D eigenvalue weighted by Crippen LogP contribution is -2.48. The molecule has 2 saturated heterocycles.